The van der Waals surface area contributed by atoms with E-state index in [4.69, 9.17) is 4.74 Å². The molecule has 0 unspecified atom stereocenters. The summed E-state index contributed by atoms with van der Waals surface area (Å²) in [6.07, 6.45) is 0. The highest BCUT2D eigenvalue weighted by Gasteiger charge is 2.28. The third-order valence-corrected chi connectivity index (χ3v) is 6.26. The molecule has 0 saturated carbocycles. The second-order valence-electron chi connectivity index (χ2n) is 7.37. The first-order valence-corrected chi connectivity index (χ1v) is 11.0. The number of amidine groups is 1. The number of thiophene rings is 1. The van der Waals surface area contributed by atoms with Crippen molar-refractivity contribution < 1.29 is 14.3 Å². The highest BCUT2D eigenvalue weighted by atomic mass is 32.1. The van der Waals surface area contributed by atoms with Crippen LogP contribution in [0.15, 0.2) is 40.5 Å². The number of hydrogen-bond donors (Lipinski definition) is 2. The van der Waals surface area contributed by atoms with Gasteiger partial charge in [-0.05, 0) is 52.3 Å². The third-order valence-electron chi connectivity index (χ3n) is 5.07. The van der Waals surface area contributed by atoms with Crippen LogP contribution in [0.4, 0.5) is 11.4 Å². The Morgan fingerprint density at radius 2 is 1.88 bits per heavy atom. The number of aryl methyl sites for hydroxylation is 3. The van der Waals surface area contributed by atoms with Crippen molar-refractivity contribution in [1.82, 2.24) is 15.3 Å². The molecule has 0 spiro atoms. The number of esters is 1. The van der Waals surface area contributed by atoms with Crippen LogP contribution in [0.5, 0.6) is 0 Å². The number of hydrogen-bond acceptors (Lipinski definition) is 8. The number of aliphatic imine (C=N–C) groups is 1. The van der Waals surface area contributed by atoms with E-state index in [-0.39, 0.29) is 23.9 Å². The Labute approximate surface area is 189 Å². The number of amides is 1. The molecule has 0 atom stereocenters. The molecule has 1 aliphatic heterocycles. The molecule has 164 valence electrons. The van der Waals surface area contributed by atoms with Gasteiger partial charge < -0.3 is 15.4 Å². The highest BCUT2D eigenvalue weighted by Crippen LogP contribution is 2.33. The van der Waals surface area contributed by atoms with E-state index in [1.807, 2.05) is 45.0 Å². The Morgan fingerprint density at radius 3 is 2.62 bits per heavy atom. The van der Waals surface area contributed by atoms with Gasteiger partial charge in [-0.15, -0.1) is 11.3 Å². The highest BCUT2D eigenvalue weighted by molar-refractivity contribution is 7.20. The summed E-state index contributed by atoms with van der Waals surface area (Å²) in [5, 5.41) is 6.92. The minimum atomic E-state index is -0.560. The Morgan fingerprint density at radius 1 is 1.12 bits per heavy atom. The van der Waals surface area contributed by atoms with E-state index >= 15 is 0 Å². The van der Waals surface area contributed by atoms with Crippen LogP contribution < -0.4 is 10.6 Å². The van der Waals surface area contributed by atoms with Gasteiger partial charge in [-0.2, -0.15) is 0 Å². The summed E-state index contributed by atoms with van der Waals surface area (Å²) in [7, 11) is 0. The van der Waals surface area contributed by atoms with Crippen LogP contribution in [-0.2, 0) is 9.53 Å². The Bertz CT molecular complexity index is 1320. The van der Waals surface area contributed by atoms with Crippen LogP contribution in [0.2, 0.25) is 0 Å². The predicted octanol–water partition coefficient (Wildman–Crippen LogP) is 4.34. The van der Waals surface area contributed by atoms with Crippen molar-refractivity contribution in [2.45, 2.75) is 34.6 Å². The second kappa shape index (κ2) is 8.51. The lowest BCUT2D eigenvalue weighted by Crippen LogP contribution is -2.35. The molecule has 4 rings (SSSR count). The van der Waals surface area contributed by atoms with Crippen molar-refractivity contribution in [3.63, 3.8) is 0 Å². The molecule has 2 aromatic heterocycles. The summed E-state index contributed by atoms with van der Waals surface area (Å²) in [6.45, 7) is 9.29. The fraction of sp³-hybridized carbons (Fsp3) is 0.261. The van der Waals surface area contributed by atoms with Crippen LogP contribution >= 0.6 is 11.3 Å². The van der Waals surface area contributed by atoms with Crippen LogP contribution in [0.1, 0.15) is 40.6 Å². The molecule has 3 heterocycles. The van der Waals surface area contributed by atoms with Crippen molar-refractivity contribution >= 4 is 50.6 Å². The number of anilines is 1. The Kier molecular flexibility index (Phi) is 5.75. The van der Waals surface area contributed by atoms with Crippen molar-refractivity contribution in [3.8, 4) is 0 Å². The van der Waals surface area contributed by atoms with Crippen molar-refractivity contribution in [1.29, 1.82) is 0 Å². The number of carbonyl (C=O) groups is 2. The normalized spacial score (nSPS) is 13.2. The molecule has 0 radical (unpaired) electrons. The maximum absolute atomic E-state index is 13.3. The molecular weight excluding hydrogens is 426 g/mol. The molecule has 9 heteroatoms. The number of allylic oxidation sites excluding steroid dienone is 1. The fourth-order valence-corrected chi connectivity index (χ4v) is 4.87. The van der Waals surface area contributed by atoms with Crippen LogP contribution in [-0.4, -0.2) is 34.3 Å². The van der Waals surface area contributed by atoms with E-state index in [0.717, 1.165) is 27.2 Å². The van der Waals surface area contributed by atoms with E-state index < -0.39 is 5.97 Å². The van der Waals surface area contributed by atoms with Crippen molar-refractivity contribution in [2.75, 3.05) is 11.9 Å². The van der Waals surface area contributed by atoms with Gasteiger partial charge >= 0.3 is 5.97 Å². The van der Waals surface area contributed by atoms with Gasteiger partial charge in [-0.1, -0.05) is 12.1 Å². The number of para-hydroxylation sites is 2. The van der Waals surface area contributed by atoms with Gasteiger partial charge in [-0.25, -0.2) is 19.8 Å². The number of ether oxygens (including phenoxy) is 1. The van der Waals surface area contributed by atoms with Gasteiger partial charge in [0.2, 0.25) is 0 Å². The SMILES string of the molecule is CCOC(=O)C1=C(C)Nc2ccccc2N=C1NC(=O)c1sc2nc(C)nc(C)c2c1C. The third kappa shape index (κ3) is 3.87. The molecular formula is C23H23N5O3S. The monoisotopic (exact) mass is 449 g/mol. The zero-order valence-electron chi connectivity index (χ0n) is 18.5. The van der Waals surface area contributed by atoms with Crippen molar-refractivity contribution in [3.05, 3.63) is 57.5 Å². The molecule has 1 amide bonds. The summed E-state index contributed by atoms with van der Waals surface area (Å²) in [5.41, 5.74) is 3.68. The lowest BCUT2D eigenvalue weighted by Gasteiger charge is -2.13. The van der Waals surface area contributed by atoms with Gasteiger partial charge in [0.15, 0.2) is 0 Å². The molecule has 2 N–H and O–H groups in total. The number of nitrogens with zero attached hydrogens (tertiary/aromatic N) is 3. The number of nitrogens with one attached hydrogen (secondary N) is 2. The minimum Gasteiger partial charge on any atom is -0.462 e. The molecule has 3 aromatic rings. The molecule has 0 bridgehead atoms. The maximum Gasteiger partial charge on any atom is 0.343 e. The predicted molar refractivity (Wildman–Crippen MR) is 126 cm³/mol. The molecule has 0 saturated heterocycles. The standard InChI is InChI=1S/C23H23N5O3S/c1-6-31-23(30)18-13(4)25-15-9-7-8-10-16(15)27-20(18)28-21(29)19-11(2)17-12(3)24-14(5)26-22(17)32-19/h7-10,25H,6H2,1-5H3,(H,27,28,29). The van der Waals surface area contributed by atoms with Gasteiger partial charge in [0.05, 0.1) is 22.9 Å². The first-order chi connectivity index (χ1) is 15.3. The van der Waals surface area contributed by atoms with Gasteiger partial charge in [0.25, 0.3) is 5.91 Å². The summed E-state index contributed by atoms with van der Waals surface area (Å²) in [5.74, 6) is -0.133. The van der Waals surface area contributed by atoms with Crippen molar-refractivity contribution in [2.24, 2.45) is 4.99 Å². The maximum atomic E-state index is 13.3. The lowest BCUT2D eigenvalue weighted by atomic mass is 10.1. The lowest BCUT2D eigenvalue weighted by molar-refractivity contribution is -0.137. The van der Waals surface area contributed by atoms with E-state index in [0.29, 0.717) is 22.1 Å². The van der Waals surface area contributed by atoms with Crippen LogP contribution in [0, 0.1) is 20.8 Å². The van der Waals surface area contributed by atoms with Gasteiger partial charge in [-0.3, -0.25) is 4.79 Å². The van der Waals surface area contributed by atoms with Crippen LogP contribution in [0.25, 0.3) is 10.2 Å². The first kappa shape index (κ1) is 21.6. The zero-order chi connectivity index (χ0) is 23.0. The number of carbonyl (C=O) groups excluding carboxylic acids is 2. The summed E-state index contributed by atoms with van der Waals surface area (Å²) in [6, 6.07) is 7.38. The Balaban J connectivity index is 1.79. The summed E-state index contributed by atoms with van der Waals surface area (Å²) >= 11 is 1.29. The molecule has 8 nitrogen and oxygen atoms in total. The molecule has 0 aliphatic carbocycles. The average molecular weight is 450 g/mol. The quantitative estimate of drug-likeness (QED) is 0.576. The van der Waals surface area contributed by atoms with E-state index in [1.54, 1.807) is 13.8 Å². The zero-order valence-corrected chi connectivity index (χ0v) is 19.3. The molecule has 1 aromatic carbocycles. The number of rotatable bonds is 3. The van der Waals surface area contributed by atoms with Gasteiger partial charge in [0, 0.05) is 16.8 Å². The Hall–Kier alpha value is -3.59. The average Bonchev–Trinajstić information content (AvgIpc) is 2.98. The second-order valence-corrected chi connectivity index (χ2v) is 8.37. The topological polar surface area (TPSA) is 106 Å². The largest absolute Gasteiger partial charge is 0.462 e. The van der Waals surface area contributed by atoms with Crippen LogP contribution in [0.3, 0.4) is 0 Å². The smallest absolute Gasteiger partial charge is 0.343 e. The van der Waals surface area contributed by atoms with E-state index in [1.165, 1.54) is 11.3 Å². The number of benzene rings is 1. The molecule has 32 heavy (non-hydrogen) atoms. The molecule has 1 aliphatic rings. The first-order valence-electron chi connectivity index (χ1n) is 10.2. The minimum absolute atomic E-state index is 0.138. The van der Waals surface area contributed by atoms with Gasteiger partial charge in [0.1, 0.15) is 22.1 Å². The number of fused-ring (bicyclic) bond motifs is 2. The molecule has 0 fully saturated rings. The number of aromatic nitrogens is 2. The summed E-state index contributed by atoms with van der Waals surface area (Å²) < 4.78 is 5.24. The van der Waals surface area contributed by atoms with E-state index in [2.05, 4.69) is 25.6 Å². The van der Waals surface area contributed by atoms with E-state index in [9.17, 15) is 9.59 Å². The fourth-order valence-electron chi connectivity index (χ4n) is 3.69. The summed E-state index contributed by atoms with van der Waals surface area (Å²) in [4.78, 5) is 40.8.